The van der Waals surface area contributed by atoms with Crippen LogP contribution in [0.2, 0.25) is 0 Å². The zero-order valence-electron chi connectivity index (χ0n) is 25.2. The summed E-state index contributed by atoms with van der Waals surface area (Å²) in [4.78, 5) is 33.7. The maximum Gasteiger partial charge on any atom is 0.408 e. The molecule has 0 spiro atoms. The second-order valence-corrected chi connectivity index (χ2v) is 11.5. The molecule has 2 fully saturated rings. The van der Waals surface area contributed by atoms with Crippen LogP contribution in [0.1, 0.15) is 29.5 Å². The lowest BCUT2D eigenvalue weighted by molar-refractivity contribution is -0.137. The van der Waals surface area contributed by atoms with Crippen molar-refractivity contribution in [3.8, 4) is 5.75 Å². The number of amides is 2. The molecule has 228 valence electrons. The lowest BCUT2D eigenvalue weighted by Crippen LogP contribution is -2.58. The first-order valence-electron chi connectivity index (χ1n) is 15.5. The van der Waals surface area contributed by atoms with Gasteiger partial charge in [0, 0.05) is 44.8 Å². The van der Waals surface area contributed by atoms with Gasteiger partial charge in [0.05, 0.1) is 7.11 Å². The molecule has 0 bridgehead atoms. The SMILES string of the molecule is COc1ccccc1CN1CCN(C(=O)[C@@H](NC(=O)OCc2ccccc2)C2CCN(CCc3ccccc3)CC2)CC1. The van der Waals surface area contributed by atoms with Crippen LogP contribution in [0.4, 0.5) is 4.79 Å². The molecule has 2 aliphatic heterocycles. The summed E-state index contributed by atoms with van der Waals surface area (Å²) in [6, 6.07) is 27.6. The fourth-order valence-electron chi connectivity index (χ4n) is 6.11. The van der Waals surface area contributed by atoms with E-state index in [-0.39, 0.29) is 18.4 Å². The number of hydrogen-bond acceptors (Lipinski definition) is 6. The van der Waals surface area contributed by atoms with E-state index >= 15 is 0 Å². The molecule has 3 aromatic rings. The summed E-state index contributed by atoms with van der Waals surface area (Å²) < 4.78 is 11.1. The van der Waals surface area contributed by atoms with E-state index in [1.165, 1.54) is 5.56 Å². The molecule has 0 aromatic heterocycles. The largest absolute Gasteiger partial charge is 0.496 e. The summed E-state index contributed by atoms with van der Waals surface area (Å²) in [6.45, 7) is 6.57. The van der Waals surface area contributed by atoms with Gasteiger partial charge in [-0.15, -0.1) is 0 Å². The van der Waals surface area contributed by atoms with Crippen molar-refractivity contribution in [1.82, 2.24) is 20.0 Å². The van der Waals surface area contributed by atoms with E-state index in [2.05, 4.69) is 45.4 Å². The molecule has 2 saturated heterocycles. The van der Waals surface area contributed by atoms with Crippen LogP contribution in [0, 0.1) is 5.92 Å². The molecular weight excluding hydrogens is 540 g/mol. The predicted octanol–water partition coefficient (Wildman–Crippen LogP) is 4.59. The van der Waals surface area contributed by atoms with E-state index in [1.807, 2.05) is 59.5 Å². The third kappa shape index (κ3) is 8.81. The van der Waals surface area contributed by atoms with Gasteiger partial charge in [-0.05, 0) is 55.5 Å². The number of carbonyl (C=O) groups excluding carboxylic acids is 2. The highest BCUT2D eigenvalue weighted by Crippen LogP contribution is 2.24. The van der Waals surface area contributed by atoms with Gasteiger partial charge >= 0.3 is 6.09 Å². The van der Waals surface area contributed by atoms with Crippen LogP contribution in [-0.2, 0) is 29.1 Å². The molecule has 1 atom stereocenters. The zero-order chi connectivity index (χ0) is 29.9. The Hall–Kier alpha value is -3.88. The first-order valence-corrected chi connectivity index (χ1v) is 15.5. The highest BCUT2D eigenvalue weighted by molar-refractivity contribution is 5.86. The summed E-state index contributed by atoms with van der Waals surface area (Å²) >= 11 is 0. The Morgan fingerprint density at radius 1 is 0.791 bits per heavy atom. The molecule has 43 heavy (non-hydrogen) atoms. The Labute approximate surface area is 255 Å². The van der Waals surface area contributed by atoms with Crippen molar-refractivity contribution in [1.29, 1.82) is 0 Å². The molecule has 0 saturated carbocycles. The predicted molar refractivity (Wildman–Crippen MR) is 168 cm³/mol. The second kappa shape index (κ2) is 15.5. The van der Waals surface area contributed by atoms with Gasteiger partial charge in [0.2, 0.25) is 5.91 Å². The zero-order valence-corrected chi connectivity index (χ0v) is 25.2. The number of para-hydroxylation sites is 1. The molecular formula is C35H44N4O4. The average Bonchev–Trinajstić information content (AvgIpc) is 3.07. The molecule has 0 aliphatic carbocycles. The summed E-state index contributed by atoms with van der Waals surface area (Å²) in [6.07, 6.45) is 2.19. The molecule has 2 amide bonds. The number of alkyl carbamates (subject to hydrolysis) is 1. The number of methoxy groups -OCH3 is 1. The van der Waals surface area contributed by atoms with Crippen molar-refractivity contribution >= 4 is 12.0 Å². The van der Waals surface area contributed by atoms with Gasteiger partial charge in [-0.25, -0.2) is 4.79 Å². The van der Waals surface area contributed by atoms with Crippen LogP contribution in [0.3, 0.4) is 0 Å². The minimum atomic E-state index is -0.597. The fourth-order valence-corrected chi connectivity index (χ4v) is 6.11. The van der Waals surface area contributed by atoms with Crippen molar-refractivity contribution in [2.75, 3.05) is 52.9 Å². The van der Waals surface area contributed by atoms with Gasteiger partial charge in [-0.1, -0.05) is 78.9 Å². The number of likely N-dealkylation sites (tertiary alicyclic amines) is 1. The number of hydrogen-bond donors (Lipinski definition) is 1. The van der Waals surface area contributed by atoms with Crippen molar-refractivity contribution in [2.24, 2.45) is 5.92 Å². The Balaban J connectivity index is 1.18. The van der Waals surface area contributed by atoms with E-state index in [4.69, 9.17) is 9.47 Å². The Morgan fingerprint density at radius 3 is 2.09 bits per heavy atom. The molecule has 0 radical (unpaired) electrons. The smallest absolute Gasteiger partial charge is 0.408 e. The lowest BCUT2D eigenvalue weighted by atomic mass is 9.88. The first kappa shape index (κ1) is 30.6. The number of ether oxygens (including phenoxy) is 2. The number of piperazine rings is 1. The van der Waals surface area contributed by atoms with Crippen LogP contribution in [0.25, 0.3) is 0 Å². The molecule has 2 aliphatic rings. The van der Waals surface area contributed by atoms with Gasteiger partial charge in [-0.3, -0.25) is 9.69 Å². The summed E-state index contributed by atoms with van der Waals surface area (Å²) in [5.74, 6) is 0.946. The van der Waals surface area contributed by atoms with Gasteiger partial charge in [-0.2, -0.15) is 0 Å². The van der Waals surface area contributed by atoms with Crippen LogP contribution in [0.5, 0.6) is 5.75 Å². The maximum atomic E-state index is 14.0. The quantitative estimate of drug-likeness (QED) is 0.356. The van der Waals surface area contributed by atoms with E-state index in [0.717, 1.165) is 75.4 Å². The highest BCUT2D eigenvalue weighted by atomic mass is 16.5. The Bertz CT molecular complexity index is 1290. The Morgan fingerprint density at radius 2 is 1.42 bits per heavy atom. The standard InChI is InChI=1S/C35H44N4O4/c1-42-32-15-9-8-14-31(32)26-38-22-24-39(25-23-38)34(40)33(36-35(41)43-27-29-12-6-3-7-13-29)30-17-20-37(21-18-30)19-16-28-10-4-2-5-11-28/h2-15,30,33H,16-27H2,1H3,(H,36,41)/t33-/m0/s1. The van der Waals surface area contributed by atoms with Gasteiger partial charge < -0.3 is 24.6 Å². The van der Waals surface area contributed by atoms with Crippen LogP contribution >= 0.6 is 0 Å². The number of rotatable bonds is 11. The average molecular weight is 585 g/mol. The lowest BCUT2D eigenvalue weighted by Gasteiger charge is -2.40. The summed E-state index contributed by atoms with van der Waals surface area (Å²) in [7, 11) is 1.70. The molecule has 0 unspecified atom stereocenters. The van der Waals surface area contributed by atoms with Gasteiger partial charge in [0.25, 0.3) is 0 Å². The van der Waals surface area contributed by atoms with Crippen LogP contribution in [-0.4, -0.2) is 85.7 Å². The Kier molecular flexibility index (Phi) is 11.1. The minimum Gasteiger partial charge on any atom is -0.496 e. The number of piperidine rings is 1. The highest BCUT2D eigenvalue weighted by Gasteiger charge is 2.36. The van der Waals surface area contributed by atoms with Gasteiger partial charge in [0.1, 0.15) is 18.4 Å². The van der Waals surface area contributed by atoms with Crippen LogP contribution in [0.15, 0.2) is 84.9 Å². The van der Waals surface area contributed by atoms with E-state index in [9.17, 15) is 9.59 Å². The number of nitrogens with one attached hydrogen (secondary N) is 1. The maximum absolute atomic E-state index is 14.0. The second-order valence-electron chi connectivity index (χ2n) is 11.5. The molecule has 1 N–H and O–H groups in total. The monoisotopic (exact) mass is 584 g/mol. The summed E-state index contributed by atoms with van der Waals surface area (Å²) in [5, 5.41) is 2.99. The van der Waals surface area contributed by atoms with Crippen molar-refractivity contribution in [3.05, 3.63) is 102 Å². The van der Waals surface area contributed by atoms with Crippen molar-refractivity contribution in [3.63, 3.8) is 0 Å². The molecule has 2 heterocycles. The van der Waals surface area contributed by atoms with E-state index in [0.29, 0.717) is 13.1 Å². The molecule has 5 rings (SSSR count). The third-order valence-electron chi connectivity index (χ3n) is 8.69. The topological polar surface area (TPSA) is 74.3 Å². The fraction of sp³-hybridized carbons (Fsp3) is 0.429. The molecule has 8 heteroatoms. The van der Waals surface area contributed by atoms with Crippen molar-refractivity contribution in [2.45, 2.75) is 38.5 Å². The molecule has 8 nitrogen and oxygen atoms in total. The number of nitrogens with zero attached hydrogens (tertiary/aromatic N) is 3. The molecule has 3 aromatic carbocycles. The third-order valence-corrected chi connectivity index (χ3v) is 8.69. The number of benzene rings is 3. The minimum absolute atomic E-state index is 0.00339. The summed E-state index contributed by atoms with van der Waals surface area (Å²) in [5.41, 5.74) is 3.40. The first-order chi connectivity index (χ1) is 21.1. The normalized spacial score (nSPS) is 17.3. The van der Waals surface area contributed by atoms with Crippen molar-refractivity contribution < 1.29 is 19.1 Å². The van der Waals surface area contributed by atoms with Gasteiger partial charge in [0.15, 0.2) is 0 Å². The van der Waals surface area contributed by atoms with E-state index in [1.54, 1.807) is 7.11 Å². The van der Waals surface area contributed by atoms with Crippen LogP contribution < -0.4 is 10.1 Å². The van der Waals surface area contributed by atoms with E-state index < -0.39 is 12.1 Å². The number of carbonyl (C=O) groups is 2.